The van der Waals surface area contributed by atoms with Crippen LogP contribution in [0.4, 0.5) is 0 Å². The van der Waals surface area contributed by atoms with Crippen LogP contribution in [0.15, 0.2) is 30.3 Å². The Morgan fingerprint density at radius 2 is 2.00 bits per heavy atom. The fourth-order valence-electron chi connectivity index (χ4n) is 1.77. The van der Waals surface area contributed by atoms with Crippen LogP contribution < -0.4 is 9.47 Å². The van der Waals surface area contributed by atoms with Gasteiger partial charge in [0, 0.05) is 13.0 Å². The summed E-state index contributed by atoms with van der Waals surface area (Å²) in [6.07, 6.45) is 0. The van der Waals surface area contributed by atoms with Crippen molar-refractivity contribution in [3.8, 4) is 11.6 Å². The van der Waals surface area contributed by atoms with E-state index in [9.17, 15) is 4.79 Å². The van der Waals surface area contributed by atoms with Crippen molar-refractivity contribution in [2.24, 2.45) is 0 Å². The number of rotatable bonds is 4. The molecule has 0 bridgehead atoms. The van der Waals surface area contributed by atoms with E-state index in [1.807, 2.05) is 31.2 Å². The molecule has 1 aromatic heterocycles. The lowest BCUT2D eigenvalue weighted by Gasteiger charge is -2.07. The van der Waals surface area contributed by atoms with Crippen LogP contribution in [0.2, 0.25) is 0 Å². The SMILES string of the molecule is COc1ccc(Cn2nc(C)cc2OC(C)=O)cc1. The standard InChI is InChI=1S/C14H16N2O3/c1-10-8-14(19-11(2)17)16(15-10)9-12-4-6-13(18-3)7-5-12/h4-8H,9H2,1-3H3. The Bertz CT molecular complexity index is 573. The molecular formula is C14H16N2O3. The first-order valence-electron chi connectivity index (χ1n) is 5.94. The Labute approximate surface area is 111 Å². The third kappa shape index (κ3) is 3.34. The maximum Gasteiger partial charge on any atom is 0.309 e. The van der Waals surface area contributed by atoms with Gasteiger partial charge >= 0.3 is 5.97 Å². The number of aryl methyl sites for hydroxylation is 1. The van der Waals surface area contributed by atoms with Gasteiger partial charge in [-0.1, -0.05) is 12.1 Å². The number of methoxy groups -OCH3 is 1. The molecule has 0 saturated carbocycles. The van der Waals surface area contributed by atoms with Crippen LogP contribution in [-0.2, 0) is 11.3 Å². The lowest BCUT2D eigenvalue weighted by molar-refractivity contribution is -0.132. The summed E-state index contributed by atoms with van der Waals surface area (Å²) in [4.78, 5) is 11.0. The van der Waals surface area contributed by atoms with Crippen molar-refractivity contribution >= 4 is 5.97 Å². The molecule has 0 amide bonds. The number of hydrogen-bond donors (Lipinski definition) is 0. The van der Waals surface area contributed by atoms with Crippen molar-refractivity contribution in [1.29, 1.82) is 0 Å². The van der Waals surface area contributed by atoms with Gasteiger partial charge < -0.3 is 9.47 Å². The molecule has 1 aromatic carbocycles. The van der Waals surface area contributed by atoms with E-state index in [0.29, 0.717) is 12.4 Å². The summed E-state index contributed by atoms with van der Waals surface area (Å²) in [5, 5.41) is 4.31. The fourth-order valence-corrected chi connectivity index (χ4v) is 1.77. The summed E-state index contributed by atoms with van der Waals surface area (Å²) in [5.41, 5.74) is 1.86. The molecule has 19 heavy (non-hydrogen) atoms. The number of aromatic nitrogens is 2. The molecule has 0 aliphatic heterocycles. The number of nitrogens with zero attached hydrogens (tertiary/aromatic N) is 2. The summed E-state index contributed by atoms with van der Waals surface area (Å²) in [6.45, 7) is 3.78. The predicted octanol–water partition coefficient (Wildman–Crippen LogP) is 2.17. The van der Waals surface area contributed by atoms with Crippen molar-refractivity contribution in [3.05, 3.63) is 41.6 Å². The lowest BCUT2D eigenvalue weighted by Crippen LogP contribution is -2.09. The molecule has 0 radical (unpaired) electrons. The second-order valence-electron chi connectivity index (χ2n) is 4.22. The van der Waals surface area contributed by atoms with Crippen molar-refractivity contribution < 1.29 is 14.3 Å². The quantitative estimate of drug-likeness (QED) is 0.791. The van der Waals surface area contributed by atoms with E-state index in [2.05, 4.69) is 5.10 Å². The molecule has 100 valence electrons. The number of ether oxygens (including phenoxy) is 2. The highest BCUT2D eigenvalue weighted by Crippen LogP contribution is 2.17. The fraction of sp³-hybridized carbons (Fsp3) is 0.286. The van der Waals surface area contributed by atoms with Gasteiger partial charge in [-0.05, 0) is 24.6 Å². The second kappa shape index (κ2) is 5.56. The third-order valence-electron chi connectivity index (χ3n) is 2.60. The molecule has 2 rings (SSSR count). The van der Waals surface area contributed by atoms with Gasteiger partial charge in [-0.15, -0.1) is 0 Å². The van der Waals surface area contributed by atoms with Gasteiger partial charge in [0.2, 0.25) is 5.88 Å². The van der Waals surface area contributed by atoms with Gasteiger partial charge in [0.05, 0.1) is 19.3 Å². The Balaban J connectivity index is 2.19. The monoisotopic (exact) mass is 260 g/mol. The summed E-state index contributed by atoms with van der Waals surface area (Å²) < 4.78 is 11.9. The molecule has 0 aliphatic carbocycles. The molecule has 0 spiro atoms. The molecule has 0 fully saturated rings. The Morgan fingerprint density at radius 3 is 2.58 bits per heavy atom. The number of carbonyl (C=O) groups excluding carboxylic acids is 1. The maximum absolute atomic E-state index is 11.0. The molecule has 0 aliphatic rings. The minimum atomic E-state index is -0.351. The summed E-state index contributed by atoms with van der Waals surface area (Å²) in [7, 11) is 1.63. The molecule has 0 N–H and O–H groups in total. The summed E-state index contributed by atoms with van der Waals surface area (Å²) in [6, 6.07) is 9.42. The normalized spacial score (nSPS) is 10.3. The van der Waals surface area contributed by atoms with Crippen molar-refractivity contribution in [1.82, 2.24) is 9.78 Å². The molecule has 5 heteroatoms. The van der Waals surface area contributed by atoms with Crippen LogP contribution in [0.3, 0.4) is 0 Å². The minimum Gasteiger partial charge on any atom is -0.497 e. The van der Waals surface area contributed by atoms with Gasteiger partial charge in [-0.2, -0.15) is 5.10 Å². The highest BCUT2D eigenvalue weighted by Gasteiger charge is 2.09. The first-order chi connectivity index (χ1) is 9.08. The van der Waals surface area contributed by atoms with E-state index in [1.54, 1.807) is 17.9 Å². The molecule has 5 nitrogen and oxygen atoms in total. The Hall–Kier alpha value is -2.30. The van der Waals surface area contributed by atoms with Gasteiger partial charge in [-0.25, -0.2) is 4.68 Å². The van der Waals surface area contributed by atoms with Gasteiger partial charge in [0.15, 0.2) is 0 Å². The average Bonchev–Trinajstić information content (AvgIpc) is 2.69. The summed E-state index contributed by atoms with van der Waals surface area (Å²) in [5.74, 6) is 0.914. The maximum atomic E-state index is 11.0. The topological polar surface area (TPSA) is 53.4 Å². The number of hydrogen-bond acceptors (Lipinski definition) is 4. The smallest absolute Gasteiger partial charge is 0.309 e. The van der Waals surface area contributed by atoms with Crippen molar-refractivity contribution in [2.45, 2.75) is 20.4 Å². The van der Waals surface area contributed by atoms with Gasteiger partial charge in [0.1, 0.15) is 5.75 Å². The third-order valence-corrected chi connectivity index (χ3v) is 2.60. The zero-order valence-corrected chi connectivity index (χ0v) is 11.2. The first kappa shape index (κ1) is 13.1. The number of carbonyl (C=O) groups is 1. The highest BCUT2D eigenvalue weighted by molar-refractivity contribution is 5.68. The van der Waals surface area contributed by atoms with Gasteiger partial charge in [0.25, 0.3) is 0 Å². The van der Waals surface area contributed by atoms with Crippen LogP contribution in [-0.4, -0.2) is 22.9 Å². The van der Waals surface area contributed by atoms with E-state index < -0.39 is 0 Å². The highest BCUT2D eigenvalue weighted by atomic mass is 16.5. The molecular weight excluding hydrogens is 244 g/mol. The Kier molecular flexibility index (Phi) is 3.85. The first-order valence-corrected chi connectivity index (χ1v) is 5.94. The zero-order chi connectivity index (χ0) is 13.8. The number of benzene rings is 1. The zero-order valence-electron chi connectivity index (χ0n) is 11.2. The van der Waals surface area contributed by atoms with Crippen molar-refractivity contribution in [3.63, 3.8) is 0 Å². The van der Waals surface area contributed by atoms with Gasteiger partial charge in [-0.3, -0.25) is 4.79 Å². The van der Waals surface area contributed by atoms with Crippen LogP contribution in [0.25, 0.3) is 0 Å². The van der Waals surface area contributed by atoms with Crippen molar-refractivity contribution in [2.75, 3.05) is 7.11 Å². The number of esters is 1. The lowest BCUT2D eigenvalue weighted by atomic mass is 10.2. The minimum absolute atomic E-state index is 0.351. The molecule has 1 heterocycles. The van der Waals surface area contributed by atoms with Crippen LogP contribution >= 0.6 is 0 Å². The van der Waals surface area contributed by atoms with E-state index >= 15 is 0 Å². The molecule has 2 aromatic rings. The second-order valence-corrected chi connectivity index (χ2v) is 4.22. The largest absolute Gasteiger partial charge is 0.497 e. The molecule has 0 atom stereocenters. The van der Waals surface area contributed by atoms with Crippen LogP contribution in [0, 0.1) is 6.92 Å². The van der Waals surface area contributed by atoms with E-state index in [-0.39, 0.29) is 5.97 Å². The van der Waals surface area contributed by atoms with Crippen LogP contribution in [0.1, 0.15) is 18.2 Å². The Morgan fingerprint density at radius 1 is 1.32 bits per heavy atom. The van der Waals surface area contributed by atoms with E-state index in [4.69, 9.17) is 9.47 Å². The average molecular weight is 260 g/mol. The molecule has 0 saturated heterocycles. The summed E-state index contributed by atoms with van der Waals surface area (Å²) >= 11 is 0. The predicted molar refractivity (Wildman–Crippen MR) is 70.4 cm³/mol. The van der Waals surface area contributed by atoms with E-state index in [0.717, 1.165) is 17.0 Å². The molecule has 0 unspecified atom stereocenters. The van der Waals surface area contributed by atoms with Crippen LogP contribution in [0.5, 0.6) is 11.6 Å². The van der Waals surface area contributed by atoms with E-state index in [1.165, 1.54) is 6.92 Å².